The number of nitrogens with one attached hydrogen (secondary N) is 1. The topological polar surface area (TPSA) is 41.0 Å². The maximum absolute atomic E-state index is 4.50. The Kier molecular flexibility index (Phi) is 5.77. The van der Waals surface area contributed by atoms with Gasteiger partial charge in [0.1, 0.15) is 12.1 Å². The molecule has 1 atom stereocenters. The summed E-state index contributed by atoms with van der Waals surface area (Å²) >= 11 is 0. The third-order valence-corrected chi connectivity index (χ3v) is 3.73. The lowest BCUT2D eigenvalue weighted by molar-refractivity contribution is 0.537. The van der Waals surface area contributed by atoms with Gasteiger partial charge in [-0.3, -0.25) is 0 Å². The van der Waals surface area contributed by atoms with Crippen LogP contribution in [-0.4, -0.2) is 35.6 Å². The first-order valence-electron chi connectivity index (χ1n) is 7.98. The lowest BCUT2D eigenvalue weighted by atomic mass is 10.1. The SMILES string of the molecule is CCCc1cc(N(CC(C)C)CC2CCCN2)ncn1. The van der Waals surface area contributed by atoms with Crippen LogP contribution >= 0.6 is 0 Å². The van der Waals surface area contributed by atoms with Crippen LogP contribution in [0.4, 0.5) is 5.82 Å². The zero-order valence-electron chi connectivity index (χ0n) is 13.1. The van der Waals surface area contributed by atoms with Crippen molar-refractivity contribution in [1.82, 2.24) is 15.3 Å². The van der Waals surface area contributed by atoms with Crippen LogP contribution in [0.3, 0.4) is 0 Å². The van der Waals surface area contributed by atoms with Gasteiger partial charge in [0.15, 0.2) is 0 Å². The van der Waals surface area contributed by atoms with Crippen LogP contribution in [-0.2, 0) is 6.42 Å². The minimum Gasteiger partial charge on any atom is -0.355 e. The van der Waals surface area contributed by atoms with Crippen molar-refractivity contribution in [3.8, 4) is 0 Å². The van der Waals surface area contributed by atoms with Crippen LogP contribution in [0.5, 0.6) is 0 Å². The van der Waals surface area contributed by atoms with Gasteiger partial charge in [0.05, 0.1) is 0 Å². The van der Waals surface area contributed by atoms with Crippen molar-refractivity contribution in [1.29, 1.82) is 0 Å². The smallest absolute Gasteiger partial charge is 0.132 e. The van der Waals surface area contributed by atoms with Gasteiger partial charge in [0, 0.05) is 30.9 Å². The van der Waals surface area contributed by atoms with Crippen molar-refractivity contribution in [2.45, 2.75) is 52.5 Å². The van der Waals surface area contributed by atoms with E-state index in [0.29, 0.717) is 12.0 Å². The van der Waals surface area contributed by atoms with E-state index in [1.54, 1.807) is 6.33 Å². The third kappa shape index (κ3) is 4.44. The lowest BCUT2D eigenvalue weighted by Gasteiger charge is -2.28. The second-order valence-electron chi connectivity index (χ2n) is 6.21. The van der Waals surface area contributed by atoms with E-state index in [1.165, 1.54) is 12.8 Å². The van der Waals surface area contributed by atoms with Gasteiger partial charge in [0.2, 0.25) is 0 Å². The molecule has 1 aromatic rings. The fourth-order valence-corrected chi connectivity index (χ4v) is 2.83. The highest BCUT2D eigenvalue weighted by molar-refractivity contribution is 5.39. The van der Waals surface area contributed by atoms with E-state index in [1.807, 2.05) is 0 Å². The van der Waals surface area contributed by atoms with Crippen LogP contribution in [0.2, 0.25) is 0 Å². The fourth-order valence-electron chi connectivity index (χ4n) is 2.83. The monoisotopic (exact) mass is 276 g/mol. The summed E-state index contributed by atoms with van der Waals surface area (Å²) in [6, 6.07) is 2.78. The normalized spacial score (nSPS) is 18.7. The lowest BCUT2D eigenvalue weighted by Crippen LogP contribution is -2.40. The van der Waals surface area contributed by atoms with Crippen molar-refractivity contribution >= 4 is 5.82 Å². The first-order valence-corrected chi connectivity index (χ1v) is 7.98. The van der Waals surface area contributed by atoms with Crippen LogP contribution in [0.15, 0.2) is 12.4 Å². The summed E-state index contributed by atoms with van der Waals surface area (Å²) in [7, 11) is 0. The van der Waals surface area contributed by atoms with Crippen LogP contribution in [0.25, 0.3) is 0 Å². The molecule has 1 N–H and O–H groups in total. The van der Waals surface area contributed by atoms with Crippen molar-refractivity contribution in [2.75, 3.05) is 24.5 Å². The number of hydrogen-bond acceptors (Lipinski definition) is 4. The molecule has 0 amide bonds. The highest BCUT2D eigenvalue weighted by Crippen LogP contribution is 2.17. The first kappa shape index (κ1) is 15.2. The summed E-state index contributed by atoms with van der Waals surface area (Å²) in [5.41, 5.74) is 1.16. The number of nitrogens with zero attached hydrogens (tertiary/aromatic N) is 3. The Labute approximate surface area is 123 Å². The standard InChI is InChI=1S/C16H28N4/c1-4-6-14-9-16(19-12-18-14)20(10-13(2)3)11-15-7-5-8-17-15/h9,12-13,15,17H,4-8,10-11H2,1-3H3. The van der Waals surface area contributed by atoms with Gasteiger partial charge < -0.3 is 10.2 Å². The van der Waals surface area contributed by atoms with Crippen LogP contribution in [0.1, 0.15) is 45.7 Å². The van der Waals surface area contributed by atoms with E-state index in [0.717, 1.165) is 44.0 Å². The quantitative estimate of drug-likeness (QED) is 0.831. The number of anilines is 1. The molecular formula is C16H28N4. The largest absolute Gasteiger partial charge is 0.355 e. The number of aromatic nitrogens is 2. The van der Waals surface area contributed by atoms with Crippen molar-refractivity contribution in [3.05, 3.63) is 18.1 Å². The van der Waals surface area contributed by atoms with Gasteiger partial charge in [-0.2, -0.15) is 0 Å². The molecule has 1 aliphatic rings. The molecule has 2 rings (SSSR count). The summed E-state index contributed by atoms with van der Waals surface area (Å²) in [4.78, 5) is 11.3. The van der Waals surface area contributed by atoms with E-state index >= 15 is 0 Å². The molecule has 0 radical (unpaired) electrons. The molecule has 1 saturated heterocycles. The average Bonchev–Trinajstić information content (AvgIpc) is 2.91. The highest BCUT2D eigenvalue weighted by atomic mass is 15.2. The molecule has 0 saturated carbocycles. The molecule has 4 heteroatoms. The molecule has 0 aliphatic carbocycles. The third-order valence-electron chi connectivity index (χ3n) is 3.73. The van der Waals surface area contributed by atoms with Gasteiger partial charge in [-0.15, -0.1) is 0 Å². The molecule has 1 aliphatic heterocycles. The van der Waals surface area contributed by atoms with Crippen molar-refractivity contribution in [3.63, 3.8) is 0 Å². The molecule has 20 heavy (non-hydrogen) atoms. The maximum Gasteiger partial charge on any atom is 0.132 e. The molecule has 2 heterocycles. The summed E-state index contributed by atoms with van der Waals surface area (Å²) < 4.78 is 0. The molecule has 0 aromatic carbocycles. The molecule has 0 spiro atoms. The minimum absolute atomic E-state index is 0.610. The summed E-state index contributed by atoms with van der Waals surface area (Å²) in [6.07, 6.45) is 6.46. The van der Waals surface area contributed by atoms with Crippen molar-refractivity contribution < 1.29 is 0 Å². The van der Waals surface area contributed by atoms with Crippen molar-refractivity contribution in [2.24, 2.45) is 5.92 Å². The molecule has 4 nitrogen and oxygen atoms in total. The van der Waals surface area contributed by atoms with Gasteiger partial charge in [0.25, 0.3) is 0 Å². The molecule has 1 aromatic heterocycles. The van der Waals surface area contributed by atoms with Gasteiger partial charge in [-0.1, -0.05) is 27.2 Å². The average molecular weight is 276 g/mol. The number of aryl methyl sites for hydroxylation is 1. The van der Waals surface area contributed by atoms with E-state index in [-0.39, 0.29) is 0 Å². The maximum atomic E-state index is 4.50. The predicted molar refractivity (Wildman–Crippen MR) is 84.1 cm³/mol. The molecule has 1 fully saturated rings. The fraction of sp³-hybridized carbons (Fsp3) is 0.750. The van der Waals surface area contributed by atoms with E-state index < -0.39 is 0 Å². The number of rotatable bonds is 7. The van der Waals surface area contributed by atoms with E-state index in [4.69, 9.17) is 0 Å². The Balaban J connectivity index is 2.09. The van der Waals surface area contributed by atoms with Gasteiger partial charge in [-0.05, 0) is 31.7 Å². The molecule has 0 bridgehead atoms. The summed E-state index contributed by atoms with van der Waals surface area (Å²) in [6.45, 7) is 10.00. The Morgan fingerprint density at radius 1 is 1.40 bits per heavy atom. The Morgan fingerprint density at radius 2 is 2.25 bits per heavy atom. The Morgan fingerprint density at radius 3 is 2.90 bits per heavy atom. The highest BCUT2D eigenvalue weighted by Gasteiger charge is 2.19. The van der Waals surface area contributed by atoms with Gasteiger partial charge >= 0.3 is 0 Å². The Bertz CT molecular complexity index is 399. The van der Waals surface area contributed by atoms with Crippen LogP contribution < -0.4 is 10.2 Å². The molecule has 112 valence electrons. The van der Waals surface area contributed by atoms with E-state index in [9.17, 15) is 0 Å². The first-order chi connectivity index (χ1) is 9.69. The van der Waals surface area contributed by atoms with Gasteiger partial charge in [-0.25, -0.2) is 9.97 Å². The zero-order chi connectivity index (χ0) is 14.4. The molecule has 1 unspecified atom stereocenters. The van der Waals surface area contributed by atoms with E-state index in [2.05, 4.69) is 47.0 Å². The second kappa shape index (κ2) is 7.58. The summed E-state index contributed by atoms with van der Waals surface area (Å²) in [5, 5.41) is 3.58. The van der Waals surface area contributed by atoms with Crippen LogP contribution in [0, 0.1) is 5.92 Å². The molecular weight excluding hydrogens is 248 g/mol. The number of hydrogen-bond donors (Lipinski definition) is 1. The second-order valence-corrected chi connectivity index (χ2v) is 6.21. The Hall–Kier alpha value is -1.16. The zero-order valence-corrected chi connectivity index (χ0v) is 13.1. The minimum atomic E-state index is 0.610. The predicted octanol–water partition coefficient (Wildman–Crippen LogP) is 2.64. The summed E-state index contributed by atoms with van der Waals surface area (Å²) in [5.74, 6) is 1.73.